The molecule has 18 heavy (non-hydrogen) atoms. The smallest absolute Gasteiger partial charge is 0.128 e. The fourth-order valence-corrected chi connectivity index (χ4v) is 3.87. The summed E-state index contributed by atoms with van der Waals surface area (Å²) in [6, 6.07) is 5.95. The molecule has 2 atom stereocenters. The van der Waals surface area contributed by atoms with Gasteiger partial charge in [0.25, 0.3) is 0 Å². The summed E-state index contributed by atoms with van der Waals surface area (Å²) in [6.07, 6.45) is 0.0764. The highest BCUT2D eigenvalue weighted by Crippen LogP contribution is 2.43. The second-order valence-corrected chi connectivity index (χ2v) is 6.17. The van der Waals surface area contributed by atoms with Gasteiger partial charge in [-0.25, -0.2) is 0 Å². The number of ether oxygens (including phenoxy) is 1. The molecule has 0 radical (unpaired) electrons. The maximum absolute atomic E-state index is 10.3. The molecule has 2 heterocycles. The Labute approximate surface area is 118 Å². The van der Waals surface area contributed by atoms with Crippen LogP contribution in [0.25, 0.3) is 0 Å². The van der Waals surface area contributed by atoms with E-state index in [1.165, 1.54) is 0 Å². The molecule has 1 N–H and O–H groups in total. The predicted molar refractivity (Wildman–Crippen MR) is 76.1 cm³/mol. The molecule has 3 rings (SSSR count). The molecule has 2 unspecified atom stereocenters. The van der Waals surface area contributed by atoms with Gasteiger partial charge in [-0.1, -0.05) is 11.6 Å². The minimum absolute atomic E-state index is 0.0733. The Hall–Kier alpha value is -0.840. The van der Waals surface area contributed by atoms with Gasteiger partial charge >= 0.3 is 0 Å². The van der Waals surface area contributed by atoms with Crippen molar-refractivity contribution in [1.82, 2.24) is 0 Å². The van der Waals surface area contributed by atoms with Crippen LogP contribution < -0.4 is 4.74 Å². The highest BCUT2D eigenvalue weighted by Gasteiger charge is 2.29. The second kappa shape index (κ2) is 4.68. The third-order valence-corrected chi connectivity index (χ3v) is 4.97. The van der Waals surface area contributed by atoms with Crippen molar-refractivity contribution in [2.24, 2.45) is 0 Å². The van der Waals surface area contributed by atoms with Crippen LogP contribution in [0.3, 0.4) is 0 Å². The number of benzene rings is 1. The molecule has 94 valence electrons. The zero-order chi connectivity index (χ0) is 12.7. The van der Waals surface area contributed by atoms with E-state index in [-0.39, 0.29) is 6.10 Å². The molecule has 2 nitrogen and oxygen atoms in total. The molecule has 1 aromatic heterocycles. The Balaban J connectivity index is 1.97. The molecule has 0 amide bonds. The van der Waals surface area contributed by atoms with Crippen LogP contribution in [-0.4, -0.2) is 5.11 Å². The zero-order valence-corrected chi connectivity index (χ0v) is 12.3. The molecule has 2 aromatic rings. The summed E-state index contributed by atoms with van der Waals surface area (Å²) in [6.45, 7) is 2.02. The Bertz CT molecular complexity index is 579. The van der Waals surface area contributed by atoms with E-state index in [1.54, 1.807) is 11.3 Å². The third-order valence-electron chi connectivity index (χ3n) is 3.22. The molecular weight excluding hydrogens is 312 g/mol. The number of rotatable bonds is 1. The van der Waals surface area contributed by atoms with Gasteiger partial charge in [0.15, 0.2) is 0 Å². The molecule has 1 aromatic carbocycles. The van der Waals surface area contributed by atoms with Crippen molar-refractivity contribution in [1.29, 1.82) is 0 Å². The topological polar surface area (TPSA) is 29.5 Å². The van der Waals surface area contributed by atoms with E-state index < -0.39 is 6.10 Å². The molecular formula is C14H13BrO2S. The number of aryl methyl sites for hydroxylation is 1. The molecule has 0 spiro atoms. The Morgan fingerprint density at radius 1 is 1.33 bits per heavy atom. The first-order valence-corrected chi connectivity index (χ1v) is 7.55. The number of aliphatic hydroxyl groups excluding tert-OH is 1. The van der Waals surface area contributed by atoms with Crippen molar-refractivity contribution >= 4 is 27.3 Å². The van der Waals surface area contributed by atoms with Crippen LogP contribution in [0.1, 0.15) is 35.3 Å². The molecule has 0 saturated carbocycles. The Morgan fingerprint density at radius 2 is 2.17 bits per heavy atom. The van der Waals surface area contributed by atoms with Gasteiger partial charge in [0.05, 0.1) is 6.10 Å². The fraction of sp³-hybridized carbons (Fsp3) is 0.286. The number of fused-ring (bicyclic) bond motifs is 1. The largest absolute Gasteiger partial charge is 0.485 e. The first-order valence-electron chi connectivity index (χ1n) is 5.82. The monoisotopic (exact) mass is 324 g/mol. The van der Waals surface area contributed by atoms with E-state index in [1.807, 2.05) is 30.5 Å². The molecule has 1 aliphatic rings. The van der Waals surface area contributed by atoms with E-state index in [0.717, 1.165) is 26.9 Å². The second-order valence-electron chi connectivity index (χ2n) is 4.57. The van der Waals surface area contributed by atoms with Gasteiger partial charge in [-0.3, -0.25) is 0 Å². The van der Waals surface area contributed by atoms with Crippen molar-refractivity contribution < 1.29 is 9.84 Å². The lowest BCUT2D eigenvalue weighted by molar-refractivity contribution is 0.0655. The van der Waals surface area contributed by atoms with Gasteiger partial charge in [0.2, 0.25) is 0 Å². The number of hydrogen-bond acceptors (Lipinski definition) is 3. The van der Waals surface area contributed by atoms with Crippen LogP contribution in [-0.2, 0) is 0 Å². The molecule has 1 aliphatic heterocycles. The summed E-state index contributed by atoms with van der Waals surface area (Å²) in [5.41, 5.74) is 3.16. The van der Waals surface area contributed by atoms with Crippen molar-refractivity contribution in [3.8, 4) is 5.75 Å². The van der Waals surface area contributed by atoms with Crippen LogP contribution in [0.15, 0.2) is 33.4 Å². The fourth-order valence-electron chi connectivity index (χ4n) is 2.28. The number of aliphatic hydroxyl groups is 1. The van der Waals surface area contributed by atoms with Crippen LogP contribution in [0.5, 0.6) is 5.75 Å². The summed E-state index contributed by atoms with van der Waals surface area (Å²) >= 11 is 5.16. The number of thiophene rings is 1. The van der Waals surface area contributed by atoms with E-state index in [2.05, 4.69) is 21.3 Å². The van der Waals surface area contributed by atoms with Gasteiger partial charge in [0.1, 0.15) is 11.9 Å². The summed E-state index contributed by atoms with van der Waals surface area (Å²) in [5.74, 6) is 0.794. The Morgan fingerprint density at radius 3 is 2.89 bits per heavy atom. The lowest BCUT2D eigenvalue weighted by atomic mass is 9.95. The van der Waals surface area contributed by atoms with Gasteiger partial charge in [-0.15, -0.1) is 0 Å². The van der Waals surface area contributed by atoms with Crippen molar-refractivity contribution in [2.45, 2.75) is 25.6 Å². The van der Waals surface area contributed by atoms with E-state index in [4.69, 9.17) is 4.74 Å². The zero-order valence-electron chi connectivity index (χ0n) is 9.89. The van der Waals surface area contributed by atoms with Gasteiger partial charge in [-0.2, -0.15) is 11.3 Å². The predicted octanol–water partition coefficient (Wildman–Crippen LogP) is 4.38. The maximum Gasteiger partial charge on any atom is 0.128 e. The normalized spacial score (nSPS) is 22.4. The molecule has 0 fully saturated rings. The molecule has 0 bridgehead atoms. The van der Waals surface area contributed by atoms with Crippen LogP contribution in [0, 0.1) is 6.92 Å². The molecule has 4 heteroatoms. The lowest BCUT2D eigenvalue weighted by Crippen LogP contribution is -2.19. The first-order chi connectivity index (χ1) is 8.65. The number of halogens is 1. The summed E-state index contributed by atoms with van der Waals surface area (Å²) in [7, 11) is 0. The average Bonchev–Trinajstić information content (AvgIpc) is 2.76. The van der Waals surface area contributed by atoms with Gasteiger partial charge in [0, 0.05) is 27.4 Å². The quantitative estimate of drug-likeness (QED) is 0.843. The standard InChI is InChI=1S/C14H13BrO2S/c1-8-2-3-13-9(4-8)12(16)5-14(17-13)10-6-18-7-11(10)15/h2-4,6-7,12,14,16H,5H2,1H3. The summed E-state index contributed by atoms with van der Waals surface area (Å²) in [5, 5.41) is 14.4. The van der Waals surface area contributed by atoms with Gasteiger partial charge in [-0.05, 0) is 40.4 Å². The van der Waals surface area contributed by atoms with Crippen LogP contribution in [0.2, 0.25) is 0 Å². The van der Waals surface area contributed by atoms with E-state index in [9.17, 15) is 5.11 Å². The van der Waals surface area contributed by atoms with Crippen molar-refractivity contribution in [3.05, 3.63) is 50.1 Å². The van der Waals surface area contributed by atoms with E-state index >= 15 is 0 Å². The third kappa shape index (κ3) is 2.09. The van der Waals surface area contributed by atoms with Crippen LogP contribution in [0.4, 0.5) is 0 Å². The lowest BCUT2D eigenvalue weighted by Gasteiger charge is -2.30. The summed E-state index contributed by atoms with van der Waals surface area (Å²) < 4.78 is 7.06. The molecule has 0 aliphatic carbocycles. The highest BCUT2D eigenvalue weighted by molar-refractivity contribution is 9.10. The first kappa shape index (κ1) is 12.2. The van der Waals surface area contributed by atoms with Crippen molar-refractivity contribution in [2.75, 3.05) is 0 Å². The summed E-state index contributed by atoms with van der Waals surface area (Å²) in [4.78, 5) is 0. The number of hydrogen-bond donors (Lipinski definition) is 1. The molecule has 0 saturated heterocycles. The average molecular weight is 325 g/mol. The van der Waals surface area contributed by atoms with Crippen LogP contribution >= 0.6 is 27.3 Å². The van der Waals surface area contributed by atoms with Gasteiger partial charge < -0.3 is 9.84 Å². The SMILES string of the molecule is Cc1ccc2c(c1)C(O)CC(c1cscc1Br)O2. The maximum atomic E-state index is 10.3. The van der Waals surface area contributed by atoms with Crippen molar-refractivity contribution in [3.63, 3.8) is 0 Å². The Kier molecular flexibility index (Phi) is 3.18. The highest BCUT2D eigenvalue weighted by atomic mass is 79.9. The van der Waals surface area contributed by atoms with E-state index in [0.29, 0.717) is 6.42 Å². The minimum Gasteiger partial charge on any atom is -0.485 e. The minimum atomic E-state index is -0.453.